The van der Waals surface area contributed by atoms with E-state index in [0.29, 0.717) is 18.9 Å². The van der Waals surface area contributed by atoms with Crippen molar-refractivity contribution in [2.45, 2.75) is 27.2 Å². The number of amides is 1. The second-order valence-electron chi connectivity index (χ2n) is 5.92. The first kappa shape index (κ1) is 16.9. The maximum Gasteiger partial charge on any atom is 0.252 e. The van der Waals surface area contributed by atoms with Gasteiger partial charge in [0.1, 0.15) is 18.7 Å². The van der Waals surface area contributed by atoms with Crippen LogP contribution in [0, 0.1) is 20.8 Å². The number of hydrogen-bond acceptors (Lipinski definition) is 5. The van der Waals surface area contributed by atoms with E-state index in [2.05, 4.69) is 20.4 Å². The van der Waals surface area contributed by atoms with Crippen LogP contribution in [0.5, 0.6) is 5.75 Å². The molecule has 3 rings (SSSR count). The second kappa shape index (κ2) is 7.29. The summed E-state index contributed by atoms with van der Waals surface area (Å²) in [4.78, 5) is 20.7. The SMILES string of the molecule is Cc1ccc(OCCNC(=O)Cc2c(C)nc3ncnn3c2C)cc1. The number of carbonyl (C=O) groups is 1. The quantitative estimate of drug-likeness (QED) is 0.693. The van der Waals surface area contributed by atoms with Crippen LogP contribution < -0.4 is 10.1 Å². The van der Waals surface area contributed by atoms with E-state index in [-0.39, 0.29) is 12.3 Å². The predicted molar refractivity (Wildman–Crippen MR) is 93.6 cm³/mol. The first-order valence-corrected chi connectivity index (χ1v) is 8.16. The average Bonchev–Trinajstić information content (AvgIpc) is 3.05. The van der Waals surface area contributed by atoms with Gasteiger partial charge in [0, 0.05) is 17.0 Å². The number of aromatic nitrogens is 4. The molecule has 1 amide bonds. The van der Waals surface area contributed by atoms with Crippen LogP contribution in [0.4, 0.5) is 0 Å². The van der Waals surface area contributed by atoms with Crippen molar-refractivity contribution in [3.63, 3.8) is 0 Å². The Hall–Kier alpha value is -2.96. The van der Waals surface area contributed by atoms with Crippen molar-refractivity contribution in [2.24, 2.45) is 0 Å². The normalized spacial score (nSPS) is 10.8. The highest BCUT2D eigenvalue weighted by atomic mass is 16.5. The van der Waals surface area contributed by atoms with Crippen LogP contribution in [0.15, 0.2) is 30.6 Å². The van der Waals surface area contributed by atoms with Crippen molar-refractivity contribution in [1.82, 2.24) is 24.9 Å². The Kier molecular flexibility index (Phi) is 4.92. The Morgan fingerprint density at radius 2 is 1.96 bits per heavy atom. The predicted octanol–water partition coefficient (Wildman–Crippen LogP) is 1.79. The minimum Gasteiger partial charge on any atom is -0.492 e. The molecule has 0 bridgehead atoms. The molecule has 0 spiro atoms. The summed E-state index contributed by atoms with van der Waals surface area (Å²) >= 11 is 0. The molecule has 0 atom stereocenters. The summed E-state index contributed by atoms with van der Waals surface area (Å²) < 4.78 is 7.26. The highest BCUT2D eigenvalue weighted by Crippen LogP contribution is 2.13. The monoisotopic (exact) mass is 339 g/mol. The van der Waals surface area contributed by atoms with Gasteiger partial charge in [-0.25, -0.2) is 9.50 Å². The van der Waals surface area contributed by atoms with Gasteiger partial charge in [0.2, 0.25) is 5.91 Å². The van der Waals surface area contributed by atoms with Gasteiger partial charge in [-0.2, -0.15) is 10.1 Å². The van der Waals surface area contributed by atoms with E-state index in [1.807, 2.05) is 45.0 Å². The molecule has 0 aliphatic rings. The number of hydrogen-bond donors (Lipinski definition) is 1. The molecule has 0 aliphatic heterocycles. The fourth-order valence-corrected chi connectivity index (χ4v) is 2.63. The smallest absolute Gasteiger partial charge is 0.252 e. The summed E-state index contributed by atoms with van der Waals surface area (Å²) in [5.41, 5.74) is 3.73. The molecular weight excluding hydrogens is 318 g/mol. The Morgan fingerprint density at radius 1 is 1.20 bits per heavy atom. The third-order valence-corrected chi connectivity index (χ3v) is 4.04. The largest absolute Gasteiger partial charge is 0.492 e. The first-order valence-electron chi connectivity index (χ1n) is 8.16. The molecule has 130 valence electrons. The van der Waals surface area contributed by atoms with Crippen LogP contribution in [0.3, 0.4) is 0 Å². The topological polar surface area (TPSA) is 81.4 Å². The zero-order valence-electron chi connectivity index (χ0n) is 14.6. The summed E-state index contributed by atoms with van der Waals surface area (Å²) in [7, 11) is 0. The van der Waals surface area contributed by atoms with Crippen molar-refractivity contribution in [2.75, 3.05) is 13.2 Å². The van der Waals surface area contributed by atoms with E-state index in [4.69, 9.17) is 4.74 Å². The minimum atomic E-state index is -0.0695. The molecular formula is C18H21N5O2. The molecule has 0 saturated heterocycles. The number of aryl methyl sites for hydroxylation is 3. The van der Waals surface area contributed by atoms with Gasteiger partial charge in [-0.1, -0.05) is 17.7 Å². The molecule has 7 heteroatoms. The van der Waals surface area contributed by atoms with Gasteiger partial charge in [-0.3, -0.25) is 4.79 Å². The zero-order valence-corrected chi connectivity index (χ0v) is 14.6. The number of benzene rings is 1. The maximum absolute atomic E-state index is 12.2. The number of ether oxygens (including phenoxy) is 1. The van der Waals surface area contributed by atoms with E-state index < -0.39 is 0 Å². The Morgan fingerprint density at radius 3 is 2.72 bits per heavy atom. The highest BCUT2D eigenvalue weighted by molar-refractivity contribution is 5.79. The Labute approximate surface area is 146 Å². The Bertz CT molecular complexity index is 886. The molecule has 1 N–H and O–H groups in total. The van der Waals surface area contributed by atoms with E-state index in [1.54, 1.807) is 4.52 Å². The molecule has 25 heavy (non-hydrogen) atoms. The molecule has 0 saturated carbocycles. The van der Waals surface area contributed by atoms with Crippen molar-refractivity contribution in [3.8, 4) is 5.75 Å². The average molecular weight is 339 g/mol. The summed E-state index contributed by atoms with van der Waals surface area (Å²) in [5, 5.41) is 7.01. The molecule has 2 aromatic heterocycles. The van der Waals surface area contributed by atoms with Crippen LogP contribution in [0.2, 0.25) is 0 Å². The van der Waals surface area contributed by atoms with Crippen molar-refractivity contribution < 1.29 is 9.53 Å². The number of carbonyl (C=O) groups excluding carboxylic acids is 1. The molecule has 3 aromatic rings. The van der Waals surface area contributed by atoms with Crippen LogP contribution in [0.25, 0.3) is 5.78 Å². The standard InChI is InChI=1S/C18H21N5O2/c1-12-4-6-15(7-5-12)25-9-8-19-17(24)10-16-13(2)22-18-20-11-21-23(18)14(16)3/h4-7,11H,8-10H2,1-3H3,(H,19,24). The van der Waals surface area contributed by atoms with Crippen LogP contribution >= 0.6 is 0 Å². The third kappa shape index (κ3) is 3.93. The van der Waals surface area contributed by atoms with Crippen molar-refractivity contribution in [3.05, 3.63) is 53.1 Å². The summed E-state index contributed by atoms with van der Waals surface area (Å²) in [6, 6.07) is 7.82. The summed E-state index contributed by atoms with van der Waals surface area (Å²) in [6.07, 6.45) is 1.71. The van der Waals surface area contributed by atoms with Gasteiger partial charge in [0.25, 0.3) is 5.78 Å². The summed E-state index contributed by atoms with van der Waals surface area (Å²) in [6.45, 7) is 6.70. The van der Waals surface area contributed by atoms with Crippen LogP contribution in [-0.4, -0.2) is 38.6 Å². The van der Waals surface area contributed by atoms with Crippen LogP contribution in [0.1, 0.15) is 22.5 Å². The number of nitrogens with one attached hydrogen (secondary N) is 1. The lowest BCUT2D eigenvalue weighted by molar-refractivity contribution is -0.120. The molecule has 0 unspecified atom stereocenters. The van der Waals surface area contributed by atoms with Crippen molar-refractivity contribution in [1.29, 1.82) is 0 Å². The van der Waals surface area contributed by atoms with E-state index in [1.165, 1.54) is 11.9 Å². The molecule has 7 nitrogen and oxygen atoms in total. The highest BCUT2D eigenvalue weighted by Gasteiger charge is 2.14. The number of rotatable bonds is 6. The minimum absolute atomic E-state index is 0.0695. The Balaban J connectivity index is 1.53. The van der Waals surface area contributed by atoms with Gasteiger partial charge in [0.15, 0.2) is 0 Å². The molecule has 0 aliphatic carbocycles. The maximum atomic E-state index is 12.2. The first-order chi connectivity index (χ1) is 12.0. The van der Waals surface area contributed by atoms with Gasteiger partial charge in [-0.15, -0.1) is 0 Å². The van der Waals surface area contributed by atoms with Gasteiger partial charge in [-0.05, 0) is 32.9 Å². The van der Waals surface area contributed by atoms with E-state index >= 15 is 0 Å². The van der Waals surface area contributed by atoms with Crippen LogP contribution in [-0.2, 0) is 11.2 Å². The number of fused-ring (bicyclic) bond motifs is 1. The lowest BCUT2D eigenvalue weighted by Crippen LogP contribution is -2.30. The second-order valence-corrected chi connectivity index (χ2v) is 5.92. The van der Waals surface area contributed by atoms with Gasteiger partial charge < -0.3 is 10.1 Å². The lowest BCUT2D eigenvalue weighted by atomic mass is 10.1. The molecule has 2 heterocycles. The molecule has 0 fully saturated rings. The fraction of sp³-hybridized carbons (Fsp3) is 0.333. The van der Waals surface area contributed by atoms with E-state index in [0.717, 1.165) is 22.7 Å². The fourth-order valence-electron chi connectivity index (χ4n) is 2.63. The lowest BCUT2D eigenvalue weighted by Gasteiger charge is -2.11. The molecule has 1 aromatic carbocycles. The third-order valence-electron chi connectivity index (χ3n) is 4.04. The van der Waals surface area contributed by atoms with Gasteiger partial charge in [0.05, 0.1) is 13.0 Å². The van der Waals surface area contributed by atoms with Crippen molar-refractivity contribution >= 4 is 11.7 Å². The molecule has 0 radical (unpaired) electrons. The summed E-state index contributed by atoms with van der Waals surface area (Å²) in [5.74, 6) is 1.28. The number of nitrogens with zero attached hydrogens (tertiary/aromatic N) is 4. The van der Waals surface area contributed by atoms with E-state index in [9.17, 15) is 4.79 Å². The zero-order chi connectivity index (χ0) is 17.8. The van der Waals surface area contributed by atoms with Gasteiger partial charge >= 0.3 is 0 Å².